The molecule has 0 unspecified atom stereocenters. The Morgan fingerprint density at radius 1 is 0.419 bits per heavy atom. The summed E-state index contributed by atoms with van der Waals surface area (Å²) in [6, 6.07) is 0. The van der Waals surface area contributed by atoms with E-state index in [2.05, 4.69) is 138 Å². The second-order valence-corrected chi connectivity index (χ2v) is 30.1. The molecular weight excluding hydrogens is 956 g/mol. The van der Waals surface area contributed by atoms with E-state index in [0.717, 1.165) is 64.8 Å². The van der Waals surface area contributed by atoms with Gasteiger partial charge in [-0.3, -0.25) is 0 Å². The van der Waals surface area contributed by atoms with Crippen LogP contribution in [-0.4, -0.2) is 32.2 Å². The van der Waals surface area contributed by atoms with E-state index in [4.69, 9.17) is 4.74 Å². The van der Waals surface area contributed by atoms with Gasteiger partial charge in [-0.05, 0) is 157 Å². The minimum absolute atomic E-state index is 0.257. The second kappa shape index (κ2) is 30.2. The Balaban J connectivity index is -0.000000773. The van der Waals surface area contributed by atoms with Crippen molar-refractivity contribution >= 4 is 0 Å². The Bertz CT molecular complexity index is 1400. The van der Waals surface area contributed by atoms with Gasteiger partial charge in [-0.1, -0.05) is 207 Å². The molecular formula is C64H125F9O. The molecule has 0 radical (unpaired) electrons. The Morgan fingerprint density at radius 3 is 0.730 bits per heavy atom. The third kappa shape index (κ3) is 24.8. The van der Waals surface area contributed by atoms with E-state index in [1.165, 1.54) is 46.0 Å². The maximum absolute atomic E-state index is 12.4. The van der Waals surface area contributed by atoms with Crippen molar-refractivity contribution < 1.29 is 44.3 Å². The number of rotatable bonds is 9. The van der Waals surface area contributed by atoms with Gasteiger partial charge in [-0.2, -0.15) is 39.5 Å². The summed E-state index contributed by atoms with van der Waals surface area (Å²) in [5.41, 5.74) is -1.05. The molecule has 7 saturated carbocycles. The third-order valence-corrected chi connectivity index (χ3v) is 20.0. The van der Waals surface area contributed by atoms with E-state index >= 15 is 0 Å². The number of hydrogen-bond acceptors (Lipinski definition) is 1. The molecule has 0 N–H and O–H groups in total. The summed E-state index contributed by atoms with van der Waals surface area (Å²) in [6.45, 7) is 58.5. The highest BCUT2D eigenvalue weighted by Gasteiger charge is 2.64. The molecule has 0 spiro atoms. The summed E-state index contributed by atoms with van der Waals surface area (Å²) in [4.78, 5) is 0. The van der Waals surface area contributed by atoms with Crippen molar-refractivity contribution in [2.75, 3.05) is 13.7 Å². The van der Waals surface area contributed by atoms with Crippen molar-refractivity contribution in [2.45, 2.75) is 296 Å². The Labute approximate surface area is 454 Å². The molecule has 7 rings (SSSR count). The highest BCUT2D eigenvalue weighted by Crippen LogP contribution is 2.68. The smallest absolute Gasteiger partial charge is 0.384 e. The quantitative estimate of drug-likeness (QED) is 0.209. The summed E-state index contributed by atoms with van der Waals surface area (Å²) < 4.78 is 115. The van der Waals surface area contributed by atoms with Crippen LogP contribution in [0.5, 0.6) is 0 Å². The van der Waals surface area contributed by atoms with Gasteiger partial charge in [0, 0.05) is 7.11 Å². The molecule has 0 aromatic rings. The average Bonchev–Trinajstić information content (AvgIpc) is 4.05. The largest absolute Gasteiger partial charge is 0.394 e. The van der Waals surface area contributed by atoms with Gasteiger partial charge in [0.05, 0.1) is 22.9 Å². The number of alkyl halides is 9. The van der Waals surface area contributed by atoms with E-state index in [-0.39, 0.29) is 17.8 Å². The van der Waals surface area contributed by atoms with Gasteiger partial charge in [0.2, 0.25) is 0 Å². The molecule has 7 fully saturated rings. The van der Waals surface area contributed by atoms with Gasteiger partial charge >= 0.3 is 18.5 Å². The molecule has 0 amide bonds. The lowest BCUT2D eigenvalue weighted by Gasteiger charge is -2.64. The normalized spacial score (nSPS) is 22.5. The number of methoxy groups -OCH3 is 1. The molecule has 10 heteroatoms. The van der Waals surface area contributed by atoms with Crippen LogP contribution in [0.25, 0.3) is 0 Å². The fourth-order valence-corrected chi connectivity index (χ4v) is 8.27. The minimum atomic E-state index is -4.08. The zero-order chi connectivity index (χ0) is 59.9. The first-order chi connectivity index (χ1) is 32.7. The highest BCUT2D eigenvalue weighted by molar-refractivity contribution is 5.08. The SMILES string of the molecule is CC(C)C.CC(C)C(C)(C)C.CC(C)C(C)(C)C(F)(F)F.CC(C)C1(C(F)(F)F)CC1.CC(C)C1(C(F)(F)F)CCC1.CC(C)C1(C)CC1.CC(C)C1(C)CCC1.CC(C)C12CC(C1)C2.COCC(C)(C)C(C)C. The first-order valence-corrected chi connectivity index (χ1v) is 29.4. The number of ether oxygens (including phenoxy) is 1. The van der Waals surface area contributed by atoms with Crippen molar-refractivity contribution in [3.63, 3.8) is 0 Å². The topological polar surface area (TPSA) is 9.23 Å². The third-order valence-electron chi connectivity index (χ3n) is 20.0. The summed E-state index contributed by atoms with van der Waals surface area (Å²) in [7, 11) is 1.75. The van der Waals surface area contributed by atoms with Crippen molar-refractivity contribution in [3.8, 4) is 0 Å². The van der Waals surface area contributed by atoms with Gasteiger partial charge in [0.25, 0.3) is 0 Å². The van der Waals surface area contributed by atoms with Crippen LogP contribution in [0.3, 0.4) is 0 Å². The van der Waals surface area contributed by atoms with Crippen LogP contribution in [0.1, 0.15) is 277 Å². The molecule has 0 aliphatic heterocycles. The zero-order valence-corrected chi connectivity index (χ0v) is 54.0. The molecule has 450 valence electrons. The second-order valence-electron chi connectivity index (χ2n) is 30.1. The fraction of sp³-hybridized carbons (Fsp3) is 1.00. The number of halogens is 9. The first kappa shape index (κ1) is 77.6. The van der Waals surface area contributed by atoms with Gasteiger partial charge in [-0.25, -0.2) is 0 Å². The fourth-order valence-electron chi connectivity index (χ4n) is 8.27. The Morgan fingerprint density at radius 2 is 0.716 bits per heavy atom. The van der Waals surface area contributed by atoms with Crippen LogP contribution < -0.4 is 0 Å². The highest BCUT2D eigenvalue weighted by atomic mass is 19.4. The van der Waals surface area contributed by atoms with Gasteiger partial charge < -0.3 is 4.74 Å². The molecule has 0 saturated heterocycles. The van der Waals surface area contributed by atoms with Crippen LogP contribution in [0.15, 0.2) is 0 Å². The average molecular weight is 1080 g/mol. The van der Waals surface area contributed by atoms with E-state index in [9.17, 15) is 39.5 Å². The van der Waals surface area contributed by atoms with Crippen molar-refractivity contribution in [1.29, 1.82) is 0 Å². The number of hydrogen-bond donors (Lipinski definition) is 0. The molecule has 2 bridgehead atoms. The van der Waals surface area contributed by atoms with Crippen LogP contribution in [0, 0.1) is 102 Å². The van der Waals surface area contributed by atoms with Crippen LogP contribution in [0.2, 0.25) is 0 Å². The van der Waals surface area contributed by atoms with E-state index in [1.54, 1.807) is 67.9 Å². The summed E-state index contributed by atoms with van der Waals surface area (Å²) in [5.74, 6) is 5.37. The van der Waals surface area contributed by atoms with E-state index < -0.39 is 34.8 Å². The lowest BCUT2D eigenvalue weighted by atomic mass is 9.41. The van der Waals surface area contributed by atoms with E-state index in [0.29, 0.717) is 42.4 Å². The molecule has 1 nitrogen and oxygen atoms in total. The molecule has 0 atom stereocenters. The van der Waals surface area contributed by atoms with Crippen molar-refractivity contribution in [2.24, 2.45) is 102 Å². The molecule has 7 aliphatic rings. The molecule has 7 aliphatic carbocycles. The standard InChI is InChI=1S/C8H13F3.C8H18O.C8H14.C8H16.C7H11F3.C7H13F3.C7H14.C7H16.C4H10/c1-6(2)7(4-3-5-7)8(9,10)11;1-7(2)8(3,4)6-9-5;1-6(2)8-3-7(4-8)5-8;1-7(2)8(3)5-4-6-8;1-5(2)6(3-4-6)7(8,9)10;1-5(2)6(3,4)7(8,9)10;1-6(2)7(3)4-5-7;1-6(2)7(3,4)5;1-4(2)3/h6H,3-5H2,1-2H3;7H,6H2,1-5H3;6-7H,3-5H2,1-2H3;7H,4-6H2,1-3H3;5H,3-4H2,1-2H3;5H,1-4H3;6H,4-5H2,1-3H3;6H,1-5H3;4H,1-3H3. The predicted molar refractivity (Wildman–Crippen MR) is 303 cm³/mol. The lowest BCUT2D eigenvalue weighted by Crippen LogP contribution is -2.54. The maximum atomic E-state index is 12.4. The molecule has 0 aromatic heterocycles. The van der Waals surface area contributed by atoms with Crippen LogP contribution in [0.4, 0.5) is 39.5 Å². The summed E-state index contributed by atoms with van der Waals surface area (Å²) >= 11 is 0. The summed E-state index contributed by atoms with van der Waals surface area (Å²) in [5, 5.41) is 0. The Kier molecular flexibility index (Phi) is 31.7. The van der Waals surface area contributed by atoms with Crippen molar-refractivity contribution in [1.82, 2.24) is 0 Å². The summed E-state index contributed by atoms with van der Waals surface area (Å²) in [6.07, 6.45) is 2.00. The van der Waals surface area contributed by atoms with Crippen LogP contribution >= 0.6 is 0 Å². The lowest BCUT2D eigenvalue weighted by molar-refractivity contribution is -0.267. The Hall–Kier alpha value is -0.670. The van der Waals surface area contributed by atoms with Crippen molar-refractivity contribution in [3.05, 3.63) is 0 Å². The molecule has 0 heterocycles. The predicted octanol–water partition coefficient (Wildman–Crippen LogP) is 24.0. The maximum Gasteiger partial charge on any atom is 0.394 e. The van der Waals surface area contributed by atoms with E-state index in [1.807, 2.05) is 0 Å². The van der Waals surface area contributed by atoms with Gasteiger partial charge in [0.1, 0.15) is 0 Å². The minimum Gasteiger partial charge on any atom is -0.384 e. The van der Waals surface area contributed by atoms with Gasteiger partial charge in [-0.15, -0.1) is 0 Å². The molecule has 0 aromatic carbocycles. The molecule has 74 heavy (non-hydrogen) atoms. The van der Waals surface area contributed by atoms with Crippen LogP contribution in [-0.2, 0) is 4.74 Å². The zero-order valence-electron chi connectivity index (χ0n) is 54.0. The first-order valence-electron chi connectivity index (χ1n) is 29.4. The van der Waals surface area contributed by atoms with Gasteiger partial charge in [0.15, 0.2) is 0 Å². The monoisotopic (exact) mass is 1080 g/mol.